The van der Waals surface area contributed by atoms with E-state index in [9.17, 15) is 24.2 Å². The second-order valence-corrected chi connectivity index (χ2v) is 6.69. The van der Waals surface area contributed by atoms with Crippen molar-refractivity contribution in [1.82, 2.24) is 5.32 Å². The van der Waals surface area contributed by atoms with Crippen molar-refractivity contribution in [3.05, 3.63) is 29.3 Å². The van der Waals surface area contributed by atoms with E-state index in [1.165, 1.54) is 35.6 Å². The third-order valence-corrected chi connectivity index (χ3v) is 4.06. The molecule has 27 heavy (non-hydrogen) atoms. The van der Waals surface area contributed by atoms with Crippen LogP contribution in [0.5, 0.6) is 5.75 Å². The van der Waals surface area contributed by atoms with Crippen LogP contribution in [0.4, 0.5) is 4.79 Å². The van der Waals surface area contributed by atoms with Crippen LogP contribution in [0.25, 0.3) is 0 Å². The second-order valence-electron chi connectivity index (χ2n) is 5.81. The predicted octanol–water partition coefficient (Wildman–Crippen LogP) is 1.18. The first-order valence-electron chi connectivity index (χ1n) is 8.02. The summed E-state index contributed by atoms with van der Waals surface area (Å²) in [4.78, 5) is 45.7. The molecule has 1 atom stereocenters. The van der Waals surface area contributed by atoms with Gasteiger partial charge in [0.25, 0.3) is 0 Å². The van der Waals surface area contributed by atoms with Gasteiger partial charge in [-0.2, -0.15) is 0 Å². The molecule has 0 aromatic heterocycles. The lowest BCUT2D eigenvalue weighted by atomic mass is 9.72. The molecular weight excluding hydrogens is 472 g/mol. The van der Waals surface area contributed by atoms with Gasteiger partial charge in [0, 0.05) is 12.8 Å². The molecule has 0 radical (unpaired) electrons. The molecule has 1 aromatic rings. The van der Waals surface area contributed by atoms with Gasteiger partial charge >= 0.3 is 17.1 Å². The van der Waals surface area contributed by atoms with Crippen LogP contribution in [0.2, 0.25) is 0 Å². The maximum Gasteiger partial charge on any atom is 0.547 e. The Balaban J connectivity index is 2.05. The molecule has 1 aliphatic heterocycles. The summed E-state index contributed by atoms with van der Waals surface area (Å²) >= 11 is 1.40. The number of esters is 1. The molecule has 2 N–H and O–H groups in total. The fraction of sp³-hybridized carbons (Fsp3) is 0.375. The number of ketones is 1. The van der Waals surface area contributed by atoms with Gasteiger partial charge in [-0.15, -0.1) is 0 Å². The minimum atomic E-state index is -1.38. The highest BCUT2D eigenvalue weighted by atomic mass is 127. The Morgan fingerprint density at radius 2 is 2.04 bits per heavy atom. The van der Waals surface area contributed by atoms with E-state index in [1.807, 2.05) is 0 Å². The second kappa shape index (κ2) is 9.69. The molecule has 0 saturated heterocycles. The van der Waals surface area contributed by atoms with Crippen molar-refractivity contribution in [1.29, 1.82) is 0 Å². The largest absolute Gasteiger partial charge is 0.547 e. The Hall–Kier alpha value is -2.15. The molecule has 0 unspecified atom stereocenters. The number of fused-ring (bicyclic) bond motifs is 1. The number of ether oxygens (including phenoxy) is 2. The first-order chi connectivity index (χ1) is 12.8. The molecule has 0 spiro atoms. The molecule has 1 heterocycles. The summed E-state index contributed by atoms with van der Waals surface area (Å²) in [7, 11) is -1.38. The number of rotatable bonds is 7. The van der Waals surface area contributed by atoms with Crippen molar-refractivity contribution in [2.45, 2.75) is 32.1 Å². The summed E-state index contributed by atoms with van der Waals surface area (Å²) < 4.78 is 14.2. The molecule has 144 valence electrons. The highest BCUT2D eigenvalue weighted by Crippen LogP contribution is 2.30. The monoisotopic (exact) mass is 489 g/mol. The Bertz CT molecular complexity index is 756. The minimum Gasteiger partial charge on any atom is -0.534 e. The Morgan fingerprint density at radius 1 is 1.30 bits per heavy atom. The summed E-state index contributed by atoms with van der Waals surface area (Å²) in [6.45, 7) is 0.853. The minimum absolute atomic E-state index is 0.0211. The third kappa shape index (κ3) is 6.20. The first kappa shape index (κ1) is 21.2. The summed E-state index contributed by atoms with van der Waals surface area (Å²) in [5.74, 6) is -1.83. The zero-order chi connectivity index (χ0) is 20.0. The number of benzene rings is 1. The molecule has 1 aromatic carbocycles. The third-order valence-electron chi connectivity index (χ3n) is 3.75. The van der Waals surface area contributed by atoms with Gasteiger partial charge in [0.2, 0.25) is 12.7 Å². The zero-order valence-corrected chi connectivity index (χ0v) is 16.6. The summed E-state index contributed by atoms with van der Waals surface area (Å²) in [5.41, 5.74) is 0.662. The SMILES string of the molecule is CC(=O)CCC(=O)N[C@H]1Cc2cccc(C(=O)OCOC(=O)I)c2OB1O. The quantitative estimate of drug-likeness (QED) is 0.192. The van der Waals surface area contributed by atoms with E-state index in [0.717, 1.165) is 0 Å². The Labute approximate surface area is 169 Å². The van der Waals surface area contributed by atoms with Crippen molar-refractivity contribution in [3.8, 4) is 5.75 Å². The lowest BCUT2D eigenvalue weighted by Crippen LogP contribution is -2.53. The average molecular weight is 489 g/mol. The lowest BCUT2D eigenvalue weighted by molar-refractivity contribution is -0.124. The molecule has 9 nitrogen and oxygen atoms in total. The smallest absolute Gasteiger partial charge is 0.534 e. The highest BCUT2D eigenvalue weighted by Gasteiger charge is 2.37. The molecule has 0 bridgehead atoms. The van der Waals surface area contributed by atoms with Crippen LogP contribution in [-0.2, 0) is 25.5 Å². The zero-order valence-electron chi connectivity index (χ0n) is 14.4. The summed E-state index contributed by atoms with van der Waals surface area (Å²) in [6.07, 6.45) is 0.364. The van der Waals surface area contributed by atoms with E-state index in [0.29, 0.717) is 5.56 Å². The molecule has 0 fully saturated rings. The number of nitrogens with one attached hydrogen (secondary N) is 1. The molecule has 2 rings (SSSR count). The summed E-state index contributed by atoms with van der Waals surface area (Å²) in [6, 6.07) is 4.75. The molecule has 1 amide bonds. The van der Waals surface area contributed by atoms with Gasteiger partial charge < -0.3 is 29.3 Å². The predicted molar refractivity (Wildman–Crippen MR) is 101 cm³/mol. The van der Waals surface area contributed by atoms with Gasteiger partial charge in [-0.1, -0.05) is 12.1 Å². The van der Waals surface area contributed by atoms with E-state index >= 15 is 0 Å². The summed E-state index contributed by atoms with van der Waals surface area (Å²) in [5, 5.41) is 12.8. The van der Waals surface area contributed by atoms with E-state index < -0.39 is 29.8 Å². The van der Waals surface area contributed by atoms with Gasteiger partial charge in [0.1, 0.15) is 17.1 Å². The van der Waals surface area contributed by atoms with Crippen molar-refractivity contribution in [3.63, 3.8) is 0 Å². The Kier molecular flexibility index (Phi) is 7.60. The fourth-order valence-corrected chi connectivity index (χ4v) is 2.61. The van der Waals surface area contributed by atoms with Crippen LogP contribution >= 0.6 is 22.6 Å². The normalized spacial score (nSPS) is 15.2. The van der Waals surface area contributed by atoms with Crippen molar-refractivity contribution < 1.29 is 38.3 Å². The highest BCUT2D eigenvalue weighted by molar-refractivity contribution is 14.1. The number of hydrogen-bond acceptors (Lipinski definition) is 8. The number of hydrogen-bond donors (Lipinski definition) is 2. The number of carbonyl (C=O) groups excluding carboxylic acids is 4. The lowest BCUT2D eigenvalue weighted by Gasteiger charge is -2.29. The number of para-hydroxylation sites is 1. The van der Waals surface area contributed by atoms with Crippen molar-refractivity contribution in [2.75, 3.05) is 6.79 Å². The standard InChI is InChI=1S/C16H17BINO8/c1-9(20)5-6-13(21)19-12-7-10-3-2-4-11(14(10)27-17(12)24)15(22)25-8-26-16(18)23/h2-4,12,24H,5-8H2,1H3,(H,19,21)/t12-/m0/s1. The van der Waals surface area contributed by atoms with E-state index in [2.05, 4.69) is 10.1 Å². The topological polar surface area (TPSA) is 128 Å². The number of amides is 1. The molecule has 0 saturated carbocycles. The first-order valence-corrected chi connectivity index (χ1v) is 9.10. The van der Waals surface area contributed by atoms with E-state index in [4.69, 9.17) is 9.39 Å². The van der Waals surface area contributed by atoms with Gasteiger partial charge in [-0.3, -0.25) is 4.79 Å². The maximum atomic E-state index is 12.1. The van der Waals surface area contributed by atoms with Crippen molar-refractivity contribution in [2.24, 2.45) is 0 Å². The fourth-order valence-electron chi connectivity index (χ4n) is 2.48. The van der Waals surface area contributed by atoms with Crippen LogP contribution < -0.4 is 9.97 Å². The van der Waals surface area contributed by atoms with Crippen LogP contribution in [0.3, 0.4) is 0 Å². The number of Topliss-reactive ketones (excluding diaryl/α,β-unsaturated/α-hetero) is 1. The van der Waals surface area contributed by atoms with Crippen molar-refractivity contribution >= 4 is 51.3 Å². The van der Waals surface area contributed by atoms with Gasteiger partial charge in [0.15, 0.2) is 0 Å². The average Bonchev–Trinajstić information content (AvgIpc) is 2.59. The van der Waals surface area contributed by atoms with E-state index in [-0.39, 0.29) is 42.3 Å². The molecule has 11 heteroatoms. The molecule has 1 aliphatic rings. The van der Waals surface area contributed by atoms with Crippen LogP contribution in [-0.4, -0.2) is 46.5 Å². The van der Waals surface area contributed by atoms with E-state index in [1.54, 1.807) is 12.1 Å². The van der Waals surface area contributed by atoms with Crippen LogP contribution in [0.15, 0.2) is 18.2 Å². The van der Waals surface area contributed by atoms with Gasteiger partial charge in [0.05, 0.1) is 28.5 Å². The number of halogens is 1. The maximum absolute atomic E-state index is 12.1. The van der Waals surface area contributed by atoms with Crippen LogP contribution in [0.1, 0.15) is 35.7 Å². The van der Waals surface area contributed by atoms with Gasteiger partial charge in [-0.25, -0.2) is 9.59 Å². The molecule has 0 aliphatic carbocycles. The Morgan fingerprint density at radius 3 is 2.70 bits per heavy atom. The number of carbonyl (C=O) groups is 4. The van der Waals surface area contributed by atoms with Gasteiger partial charge in [-0.05, 0) is 25.0 Å². The molecular formula is C16H17BINO8. The van der Waals surface area contributed by atoms with Crippen LogP contribution in [0, 0.1) is 0 Å².